The highest BCUT2D eigenvalue weighted by molar-refractivity contribution is 5.47. The molecule has 4 heteroatoms. The zero-order chi connectivity index (χ0) is 14.8. The van der Waals surface area contributed by atoms with Crippen molar-refractivity contribution in [1.82, 2.24) is 0 Å². The summed E-state index contributed by atoms with van der Waals surface area (Å²) in [5.41, 5.74) is 2.00. The molecule has 106 valence electrons. The maximum absolute atomic E-state index is 12.7. The van der Waals surface area contributed by atoms with Crippen LogP contribution in [0.15, 0.2) is 48.5 Å². The molecule has 1 unspecified atom stereocenters. The highest BCUT2D eigenvalue weighted by atomic mass is 19.4. The van der Waals surface area contributed by atoms with Crippen LogP contribution in [0.4, 0.5) is 18.9 Å². The van der Waals surface area contributed by atoms with Crippen LogP contribution in [-0.4, -0.2) is 0 Å². The number of benzene rings is 2. The van der Waals surface area contributed by atoms with Crippen molar-refractivity contribution in [1.29, 1.82) is 0 Å². The van der Waals surface area contributed by atoms with E-state index in [-0.39, 0.29) is 6.04 Å². The molecule has 1 nitrogen and oxygen atoms in total. The second-order valence-electron chi connectivity index (χ2n) is 4.86. The van der Waals surface area contributed by atoms with Crippen LogP contribution in [0.1, 0.15) is 29.7 Å². The lowest BCUT2D eigenvalue weighted by molar-refractivity contribution is -0.137. The smallest absolute Gasteiger partial charge is 0.379 e. The van der Waals surface area contributed by atoms with E-state index in [2.05, 4.69) is 5.32 Å². The van der Waals surface area contributed by atoms with Gasteiger partial charge in [0, 0.05) is 11.7 Å². The summed E-state index contributed by atoms with van der Waals surface area (Å²) in [6, 6.07) is 13.0. The fraction of sp³-hybridized carbons (Fsp3) is 0.250. The Bertz CT molecular complexity index is 590. The van der Waals surface area contributed by atoms with E-state index >= 15 is 0 Å². The molecule has 2 aromatic carbocycles. The van der Waals surface area contributed by atoms with Gasteiger partial charge in [-0.3, -0.25) is 0 Å². The third-order valence-corrected chi connectivity index (χ3v) is 3.12. The minimum absolute atomic E-state index is 0.195. The van der Waals surface area contributed by atoms with Gasteiger partial charge in [0.25, 0.3) is 0 Å². The standard InChI is InChI=1S/C16H16F3N/c1-11-5-3-8-15(9-11)20-12(2)13-6-4-7-14(10-13)16(17,18)19/h3-10,12,20H,1-2H3. The van der Waals surface area contributed by atoms with Crippen molar-refractivity contribution in [2.24, 2.45) is 0 Å². The quantitative estimate of drug-likeness (QED) is 0.815. The Morgan fingerprint density at radius 3 is 2.35 bits per heavy atom. The van der Waals surface area contributed by atoms with Crippen LogP contribution >= 0.6 is 0 Å². The van der Waals surface area contributed by atoms with Crippen molar-refractivity contribution in [3.63, 3.8) is 0 Å². The zero-order valence-corrected chi connectivity index (χ0v) is 11.3. The molecule has 0 spiro atoms. The van der Waals surface area contributed by atoms with Crippen molar-refractivity contribution in [3.05, 3.63) is 65.2 Å². The molecule has 20 heavy (non-hydrogen) atoms. The Hall–Kier alpha value is -1.97. The summed E-state index contributed by atoms with van der Waals surface area (Å²) in [5, 5.41) is 3.21. The summed E-state index contributed by atoms with van der Waals surface area (Å²) in [5.74, 6) is 0. The van der Waals surface area contributed by atoms with Gasteiger partial charge in [0.2, 0.25) is 0 Å². The highest BCUT2D eigenvalue weighted by Gasteiger charge is 2.30. The number of aryl methyl sites for hydroxylation is 1. The van der Waals surface area contributed by atoms with Crippen LogP contribution in [0, 0.1) is 6.92 Å². The Balaban J connectivity index is 2.19. The van der Waals surface area contributed by atoms with E-state index in [0.717, 1.165) is 17.3 Å². The zero-order valence-electron chi connectivity index (χ0n) is 11.3. The molecule has 0 saturated carbocycles. The predicted molar refractivity (Wildman–Crippen MR) is 74.7 cm³/mol. The first-order valence-corrected chi connectivity index (χ1v) is 6.36. The van der Waals surface area contributed by atoms with Crippen molar-refractivity contribution in [3.8, 4) is 0 Å². The van der Waals surface area contributed by atoms with Gasteiger partial charge in [0.1, 0.15) is 0 Å². The number of hydrogen-bond donors (Lipinski definition) is 1. The Morgan fingerprint density at radius 2 is 1.70 bits per heavy atom. The number of halogens is 3. The Morgan fingerprint density at radius 1 is 1.00 bits per heavy atom. The van der Waals surface area contributed by atoms with E-state index in [0.29, 0.717) is 5.56 Å². The third-order valence-electron chi connectivity index (χ3n) is 3.12. The summed E-state index contributed by atoms with van der Waals surface area (Å²) in [4.78, 5) is 0. The molecule has 0 saturated heterocycles. The Labute approximate surface area is 116 Å². The second-order valence-corrected chi connectivity index (χ2v) is 4.86. The van der Waals surface area contributed by atoms with Crippen LogP contribution in [0.3, 0.4) is 0 Å². The van der Waals surface area contributed by atoms with Crippen molar-refractivity contribution < 1.29 is 13.2 Å². The molecule has 0 bridgehead atoms. The molecule has 2 aromatic rings. The molecule has 0 aliphatic rings. The lowest BCUT2D eigenvalue weighted by Crippen LogP contribution is -2.10. The van der Waals surface area contributed by atoms with Gasteiger partial charge in [-0.2, -0.15) is 13.2 Å². The number of anilines is 1. The summed E-state index contributed by atoms with van der Waals surface area (Å²) in [6.07, 6.45) is -4.31. The molecule has 1 atom stereocenters. The third kappa shape index (κ3) is 3.53. The second kappa shape index (κ2) is 5.57. The van der Waals surface area contributed by atoms with E-state index in [4.69, 9.17) is 0 Å². The first-order valence-electron chi connectivity index (χ1n) is 6.36. The number of alkyl halides is 3. The van der Waals surface area contributed by atoms with E-state index in [1.807, 2.05) is 38.1 Å². The maximum Gasteiger partial charge on any atom is 0.416 e. The highest BCUT2D eigenvalue weighted by Crippen LogP contribution is 2.31. The largest absolute Gasteiger partial charge is 0.416 e. The van der Waals surface area contributed by atoms with Crippen LogP contribution < -0.4 is 5.32 Å². The van der Waals surface area contributed by atoms with Gasteiger partial charge in [-0.25, -0.2) is 0 Å². The molecule has 0 fully saturated rings. The minimum atomic E-state index is -4.31. The van der Waals surface area contributed by atoms with E-state index in [9.17, 15) is 13.2 Å². The van der Waals surface area contributed by atoms with Crippen molar-refractivity contribution >= 4 is 5.69 Å². The lowest BCUT2D eigenvalue weighted by Gasteiger charge is -2.17. The predicted octanol–water partition coefficient (Wildman–Crippen LogP) is 5.19. The molecular weight excluding hydrogens is 263 g/mol. The average Bonchev–Trinajstić information content (AvgIpc) is 2.38. The summed E-state index contributed by atoms with van der Waals surface area (Å²) < 4.78 is 38.1. The van der Waals surface area contributed by atoms with Gasteiger partial charge in [0.05, 0.1) is 5.56 Å². The van der Waals surface area contributed by atoms with Crippen LogP contribution in [-0.2, 0) is 6.18 Å². The molecular formula is C16H16F3N. The number of rotatable bonds is 3. The van der Waals surface area contributed by atoms with Crippen LogP contribution in [0.2, 0.25) is 0 Å². The Kier molecular flexibility index (Phi) is 4.02. The first kappa shape index (κ1) is 14.4. The SMILES string of the molecule is Cc1cccc(NC(C)c2cccc(C(F)(F)F)c2)c1. The summed E-state index contributed by atoms with van der Waals surface area (Å²) in [6.45, 7) is 3.82. The maximum atomic E-state index is 12.7. The minimum Gasteiger partial charge on any atom is -0.379 e. The lowest BCUT2D eigenvalue weighted by atomic mass is 10.0. The molecule has 1 N–H and O–H groups in total. The molecule has 0 radical (unpaired) electrons. The number of nitrogens with one attached hydrogen (secondary N) is 1. The normalized spacial score (nSPS) is 13.1. The number of hydrogen-bond acceptors (Lipinski definition) is 1. The monoisotopic (exact) mass is 279 g/mol. The summed E-state index contributed by atoms with van der Waals surface area (Å²) >= 11 is 0. The topological polar surface area (TPSA) is 12.0 Å². The molecule has 0 heterocycles. The fourth-order valence-electron chi connectivity index (χ4n) is 2.05. The van der Waals surface area contributed by atoms with Gasteiger partial charge in [-0.15, -0.1) is 0 Å². The van der Waals surface area contributed by atoms with Gasteiger partial charge < -0.3 is 5.32 Å². The molecule has 0 aliphatic heterocycles. The van der Waals surface area contributed by atoms with Gasteiger partial charge in [-0.05, 0) is 49.2 Å². The van der Waals surface area contributed by atoms with Gasteiger partial charge >= 0.3 is 6.18 Å². The van der Waals surface area contributed by atoms with Gasteiger partial charge in [0.15, 0.2) is 0 Å². The van der Waals surface area contributed by atoms with E-state index in [1.165, 1.54) is 12.1 Å². The molecule has 0 amide bonds. The molecule has 0 aromatic heterocycles. The molecule has 2 rings (SSSR count). The van der Waals surface area contributed by atoms with Crippen molar-refractivity contribution in [2.75, 3.05) is 5.32 Å². The van der Waals surface area contributed by atoms with Gasteiger partial charge in [-0.1, -0.05) is 24.3 Å². The van der Waals surface area contributed by atoms with Crippen LogP contribution in [0.5, 0.6) is 0 Å². The van der Waals surface area contributed by atoms with Crippen molar-refractivity contribution in [2.45, 2.75) is 26.1 Å². The average molecular weight is 279 g/mol. The molecule has 0 aliphatic carbocycles. The summed E-state index contributed by atoms with van der Waals surface area (Å²) in [7, 11) is 0. The fourth-order valence-corrected chi connectivity index (χ4v) is 2.05. The first-order chi connectivity index (χ1) is 9.36. The van der Waals surface area contributed by atoms with E-state index < -0.39 is 11.7 Å². The van der Waals surface area contributed by atoms with E-state index in [1.54, 1.807) is 6.07 Å². The van der Waals surface area contributed by atoms with Crippen LogP contribution in [0.25, 0.3) is 0 Å².